The number of nitrogens with zero attached hydrogens (tertiary/aromatic N) is 1. The van der Waals surface area contributed by atoms with E-state index in [0.29, 0.717) is 16.0 Å². The molecule has 0 atom stereocenters. The van der Waals surface area contributed by atoms with E-state index in [1.807, 2.05) is 0 Å². The maximum atomic E-state index is 13.0. The van der Waals surface area contributed by atoms with Crippen molar-refractivity contribution in [3.05, 3.63) is 32.9 Å². The SMILES string of the molecule is CNc1c(C)c(C(F)(F)F)nc2c(Cl)cc(C)c(Cl)c12. The third-order valence-corrected chi connectivity index (χ3v) is 3.87. The van der Waals surface area contributed by atoms with E-state index < -0.39 is 11.9 Å². The topological polar surface area (TPSA) is 24.9 Å². The van der Waals surface area contributed by atoms with Crippen LogP contribution in [0.5, 0.6) is 0 Å². The van der Waals surface area contributed by atoms with Crippen molar-refractivity contribution in [2.45, 2.75) is 20.0 Å². The normalized spacial score (nSPS) is 12.0. The number of rotatable bonds is 1. The Hall–Kier alpha value is -1.20. The Labute approximate surface area is 123 Å². The molecule has 0 aliphatic rings. The maximum absolute atomic E-state index is 13.0. The molecule has 0 radical (unpaired) electrons. The van der Waals surface area contributed by atoms with Gasteiger partial charge >= 0.3 is 6.18 Å². The molecule has 0 fully saturated rings. The summed E-state index contributed by atoms with van der Waals surface area (Å²) in [5.74, 6) is 0. The third kappa shape index (κ3) is 2.29. The zero-order chi connectivity index (χ0) is 15.2. The molecule has 0 saturated carbocycles. The van der Waals surface area contributed by atoms with Gasteiger partial charge in [0.15, 0.2) is 0 Å². The first-order chi connectivity index (χ1) is 9.18. The summed E-state index contributed by atoms with van der Waals surface area (Å²) in [6.07, 6.45) is -4.55. The average Bonchev–Trinajstić information content (AvgIpc) is 2.33. The van der Waals surface area contributed by atoms with Crippen LogP contribution in [0.1, 0.15) is 16.8 Å². The van der Waals surface area contributed by atoms with E-state index >= 15 is 0 Å². The van der Waals surface area contributed by atoms with E-state index in [4.69, 9.17) is 23.2 Å². The minimum Gasteiger partial charge on any atom is -0.387 e. The molecule has 0 spiro atoms. The molecule has 108 valence electrons. The minimum absolute atomic E-state index is 0.00364. The molecule has 0 aliphatic carbocycles. The van der Waals surface area contributed by atoms with Crippen molar-refractivity contribution >= 4 is 39.8 Å². The molecular formula is C13H11Cl2F3N2. The molecule has 1 N–H and O–H groups in total. The number of anilines is 1. The van der Waals surface area contributed by atoms with Crippen LogP contribution >= 0.6 is 23.2 Å². The van der Waals surface area contributed by atoms with Crippen molar-refractivity contribution < 1.29 is 13.2 Å². The summed E-state index contributed by atoms with van der Waals surface area (Å²) in [7, 11) is 1.54. The van der Waals surface area contributed by atoms with Crippen molar-refractivity contribution in [1.82, 2.24) is 4.98 Å². The zero-order valence-corrected chi connectivity index (χ0v) is 12.4. The van der Waals surface area contributed by atoms with Crippen LogP contribution in [0, 0.1) is 13.8 Å². The van der Waals surface area contributed by atoms with E-state index in [1.165, 1.54) is 20.0 Å². The highest BCUT2D eigenvalue weighted by Gasteiger charge is 2.36. The molecule has 0 amide bonds. The number of fused-ring (bicyclic) bond motifs is 1. The van der Waals surface area contributed by atoms with Crippen molar-refractivity contribution in [2.24, 2.45) is 0 Å². The third-order valence-electron chi connectivity index (χ3n) is 3.09. The predicted molar refractivity (Wildman–Crippen MR) is 75.8 cm³/mol. The highest BCUT2D eigenvalue weighted by Crippen LogP contribution is 2.42. The van der Waals surface area contributed by atoms with Gasteiger partial charge in [0.05, 0.1) is 15.6 Å². The van der Waals surface area contributed by atoms with Crippen LogP contribution in [0.4, 0.5) is 18.9 Å². The molecule has 0 bridgehead atoms. The van der Waals surface area contributed by atoms with Crippen LogP contribution in [-0.2, 0) is 6.18 Å². The number of nitrogens with one attached hydrogen (secondary N) is 1. The van der Waals surface area contributed by atoms with E-state index in [1.54, 1.807) is 6.92 Å². The Morgan fingerprint density at radius 2 is 1.80 bits per heavy atom. The second-order valence-electron chi connectivity index (χ2n) is 4.42. The maximum Gasteiger partial charge on any atom is 0.433 e. The molecule has 1 heterocycles. The lowest BCUT2D eigenvalue weighted by Crippen LogP contribution is -2.13. The lowest BCUT2D eigenvalue weighted by molar-refractivity contribution is -0.141. The van der Waals surface area contributed by atoms with E-state index in [2.05, 4.69) is 10.3 Å². The fraction of sp³-hybridized carbons (Fsp3) is 0.308. The number of halogens is 5. The van der Waals surface area contributed by atoms with Gasteiger partial charge in [0.25, 0.3) is 0 Å². The molecule has 2 aromatic rings. The Balaban J connectivity index is 3.04. The molecule has 20 heavy (non-hydrogen) atoms. The Bertz CT molecular complexity index is 697. The Morgan fingerprint density at radius 1 is 1.20 bits per heavy atom. The van der Waals surface area contributed by atoms with Crippen molar-refractivity contribution in [3.63, 3.8) is 0 Å². The zero-order valence-electron chi connectivity index (χ0n) is 10.9. The number of aromatic nitrogens is 1. The fourth-order valence-electron chi connectivity index (χ4n) is 2.17. The van der Waals surface area contributed by atoms with Gasteiger partial charge in [-0.3, -0.25) is 0 Å². The molecule has 1 aromatic heterocycles. The van der Waals surface area contributed by atoms with Gasteiger partial charge in [-0.15, -0.1) is 0 Å². The molecule has 2 nitrogen and oxygen atoms in total. The highest BCUT2D eigenvalue weighted by atomic mass is 35.5. The number of hydrogen-bond acceptors (Lipinski definition) is 2. The summed E-state index contributed by atoms with van der Waals surface area (Å²) in [6.45, 7) is 3.09. The lowest BCUT2D eigenvalue weighted by atomic mass is 10.0. The predicted octanol–water partition coefficient (Wildman–Crippen LogP) is 5.22. The number of alkyl halides is 3. The number of aryl methyl sites for hydroxylation is 1. The van der Waals surface area contributed by atoms with Crippen LogP contribution in [0.25, 0.3) is 10.9 Å². The summed E-state index contributed by atoms with van der Waals surface area (Å²) in [4.78, 5) is 3.67. The van der Waals surface area contributed by atoms with Crippen LogP contribution in [-0.4, -0.2) is 12.0 Å². The standard InChI is InChI=1S/C13H11Cl2F3N2/c1-5-4-7(14)11-8(9(5)15)10(19-3)6(2)12(20-11)13(16,17)18/h4H,1-3H3,(H,19,20). The number of hydrogen-bond donors (Lipinski definition) is 1. The van der Waals surface area contributed by atoms with Crippen LogP contribution in [0.2, 0.25) is 10.0 Å². The van der Waals surface area contributed by atoms with Crippen molar-refractivity contribution in [2.75, 3.05) is 12.4 Å². The molecule has 1 aromatic carbocycles. The van der Waals surface area contributed by atoms with Crippen molar-refractivity contribution in [3.8, 4) is 0 Å². The summed E-state index contributed by atoms with van der Waals surface area (Å²) < 4.78 is 39.1. The average molecular weight is 323 g/mol. The molecule has 0 saturated heterocycles. The molecule has 7 heteroatoms. The summed E-state index contributed by atoms with van der Waals surface area (Å²) in [6, 6.07) is 1.51. The van der Waals surface area contributed by atoms with Crippen LogP contribution < -0.4 is 5.32 Å². The molecule has 2 rings (SSSR count). The quantitative estimate of drug-likeness (QED) is 0.778. The van der Waals surface area contributed by atoms with E-state index in [9.17, 15) is 13.2 Å². The Kier molecular flexibility index (Phi) is 3.77. The smallest absolute Gasteiger partial charge is 0.387 e. The molecule has 0 aliphatic heterocycles. The summed E-state index contributed by atoms with van der Waals surface area (Å²) in [5, 5.41) is 3.66. The number of pyridine rings is 1. The first-order valence-electron chi connectivity index (χ1n) is 5.72. The highest BCUT2D eigenvalue weighted by molar-refractivity contribution is 6.41. The van der Waals surface area contributed by atoms with Gasteiger partial charge in [-0.05, 0) is 25.5 Å². The second kappa shape index (κ2) is 4.97. The van der Waals surface area contributed by atoms with Gasteiger partial charge < -0.3 is 5.32 Å². The van der Waals surface area contributed by atoms with Gasteiger partial charge in [0.1, 0.15) is 5.69 Å². The molecule has 0 unspecified atom stereocenters. The summed E-state index contributed by atoms with van der Waals surface area (Å²) in [5.41, 5.74) is 0.0522. The van der Waals surface area contributed by atoms with Crippen LogP contribution in [0.15, 0.2) is 6.07 Å². The number of benzene rings is 1. The first kappa shape index (κ1) is 15.2. The van der Waals surface area contributed by atoms with Gasteiger partial charge in [-0.1, -0.05) is 23.2 Å². The fourth-order valence-corrected chi connectivity index (χ4v) is 2.71. The van der Waals surface area contributed by atoms with E-state index in [0.717, 1.165) is 0 Å². The largest absolute Gasteiger partial charge is 0.433 e. The van der Waals surface area contributed by atoms with Gasteiger partial charge in [-0.25, -0.2) is 4.98 Å². The van der Waals surface area contributed by atoms with Crippen LogP contribution in [0.3, 0.4) is 0 Å². The first-order valence-corrected chi connectivity index (χ1v) is 6.48. The van der Waals surface area contributed by atoms with E-state index in [-0.39, 0.29) is 21.8 Å². The second-order valence-corrected chi connectivity index (χ2v) is 5.21. The van der Waals surface area contributed by atoms with Crippen molar-refractivity contribution in [1.29, 1.82) is 0 Å². The lowest BCUT2D eigenvalue weighted by Gasteiger charge is -2.18. The van der Waals surface area contributed by atoms with Gasteiger partial charge in [0, 0.05) is 23.7 Å². The minimum atomic E-state index is -4.55. The monoisotopic (exact) mass is 322 g/mol. The molecular weight excluding hydrogens is 312 g/mol. The summed E-state index contributed by atoms with van der Waals surface area (Å²) >= 11 is 12.2. The Morgan fingerprint density at radius 3 is 2.30 bits per heavy atom. The van der Waals surface area contributed by atoms with Gasteiger partial charge in [-0.2, -0.15) is 13.2 Å². The van der Waals surface area contributed by atoms with Gasteiger partial charge in [0.2, 0.25) is 0 Å².